The Morgan fingerprint density at radius 1 is 1.03 bits per heavy atom. The molecule has 8 nitrogen and oxygen atoms in total. The summed E-state index contributed by atoms with van der Waals surface area (Å²) in [5, 5.41) is -0.428. The molecule has 1 aliphatic rings. The van der Waals surface area contributed by atoms with Gasteiger partial charge in [-0.3, -0.25) is 14.5 Å². The van der Waals surface area contributed by atoms with Crippen LogP contribution in [0.5, 0.6) is 11.5 Å². The van der Waals surface area contributed by atoms with Crippen molar-refractivity contribution in [2.45, 2.75) is 20.1 Å². The Balaban J connectivity index is 1.46. The molecule has 0 saturated carbocycles. The Labute approximate surface area is 206 Å². The summed E-state index contributed by atoms with van der Waals surface area (Å²) < 4.78 is 21.3. The van der Waals surface area contributed by atoms with Crippen molar-refractivity contribution in [1.29, 1.82) is 0 Å². The molecule has 1 aromatic heterocycles. The summed E-state index contributed by atoms with van der Waals surface area (Å²) in [6, 6.07) is 16.3. The van der Waals surface area contributed by atoms with E-state index in [4.69, 9.17) is 13.9 Å². The monoisotopic (exact) mass is 493 g/mol. The topological polar surface area (TPSA) is 95.3 Å². The predicted octanol–water partition coefficient (Wildman–Crippen LogP) is 5.20. The highest BCUT2D eigenvalue weighted by molar-refractivity contribution is 8.18. The third-order valence-electron chi connectivity index (χ3n) is 5.24. The molecular formula is C26H23NO7S. The van der Waals surface area contributed by atoms with E-state index in [1.165, 1.54) is 31.9 Å². The highest BCUT2D eigenvalue weighted by Gasteiger charge is 2.35. The number of methoxy groups -OCH3 is 2. The van der Waals surface area contributed by atoms with Crippen LogP contribution in [0.2, 0.25) is 0 Å². The standard InChI is InChI=1S/C26H23NO7S/c1-16-4-6-17(7-5-16)15-33-20-10-8-18(12-22(20)31-2)13-23-24(28)27(26(30)35-23)14-19-9-11-21(34-19)25(29)32-3/h4-13H,14-15H2,1-3H3. The van der Waals surface area contributed by atoms with Crippen LogP contribution in [0.4, 0.5) is 4.79 Å². The van der Waals surface area contributed by atoms with Crippen LogP contribution < -0.4 is 9.47 Å². The van der Waals surface area contributed by atoms with Crippen molar-refractivity contribution in [3.63, 3.8) is 0 Å². The summed E-state index contributed by atoms with van der Waals surface area (Å²) in [6.07, 6.45) is 1.62. The third-order valence-corrected chi connectivity index (χ3v) is 6.14. The lowest BCUT2D eigenvalue weighted by Crippen LogP contribution is -2.27. The summed E-state index contributed by atoms with van der Waals surface area (Å²) in [5.41, 5.74) is 2.89. The molecule has 35 heavy (non-hydrogen) atoms. The molecule has 0 unspecified atom stereocenters. The number of imide groups is 1. The first kappa shape index (κ1) is 24.2. The minimum atomic E-state index is -0.634. The van der Waals surface area contributed by atoms with Crippen LogP contribution in [0.3, 0.4) is 0 Å². The number of aryl methyl sites for hydroxylation is 1. The van der Waals surface area contributed by atoms with E-state index >= 15 is 0 Å². The van der Waals surface area contributed by atoms with E-state index in [2.05, 4.69) is 4.74 Å². The highest BCUT2D eigenvalue weighted by atomic mass is 32.2. The maximum Gasteiger partial charge on any atom is 0.373 e. The van der Waals surface area contributed by atoms with Crippen molar-refractivity contribution in [3.05, 3.63) is 87.7 Å². The average Bonchev–Trinajstić information content (AvgIpc) is 3.44. The van der Waals surface area contributed by atoms with Crippen LogP contribution in [0, 0.1) is 6.92 Å². The number of carbonyl (C=O) groups is 3. The molecule has 0 atom stereocenters. The summed E-state index contributed by atoms with van der Waals surface area (Å²) in [6.45, 7) is 2.33. The molecule has 2 amide bonds. The zero-order valence-corrected chi connectivity index (χ0v) is 20.2. The van der Waals surface area contributed by atoms with Gasteiger partial charge in [-0.1, -0.05) is 35.9 Å². The van der Waals surface area contributed by atoms with Gasteiger partial charge in [0, 0.05) is 0 Å². The van der Waals surface area contributed by atoms with E-state index in [9.17, 15) is 14.4 Å². The van der Waals surface area contributed by atoms with Gasteiger partial charge in [0.2, 0.25) is 5.76 Å². The molecule has 1 aliphatic heterocycles. The van der Waals surface area contributed by atoms with E-state index in [0.29, 0.717) is 29.4 Å². The molecule has 1 saturated heterocycles. The van der Waals surface area contributed by atoms with E-state index in [1.807, 2.05) is 31.2 Å². The van der Waals surface area contributed by atoms with E-state index in [-0.39, 0.29) is 17.2 Å². The zero-order valence-electron chi connectivity index (χ0n) is 19.4. The number of furan rings is 1. The number of carbonyl (C=O) groups excluding carboxylic acids is 3. The first-order valence-electron chi connectivity index (χ1n) is 10.7. The van der Waals surface area contributed by atoms with Crippen molar-refractivity contribution >= 4 is 35.0 Å². The quantitative estimate of drug-likeness (QED) is 0.312. The van der Waals surface area contributed by atoms with Gasteiger partial charge in [0.15, 0.2) is 11.5 Å². The molecule has 2 aromatic carbocycles. The molecule has 2 heterocycles. The van der Waals surface area contributed by atoms with Crippen LogP contribution in [0.15, 0.2) is 63.9 Å². The van der Waals surface area contributed by atoms with Crippen molar-refractivity contribution in [1.82, 2.24) is 4.90 Å². The van der Waals surface area contributed by atoms with Crippen LogP contribution >= 0.6 is 11.8 Å². The van der Waals surface area contributed by atoms with Crippen LogP contribution in [-0.2, 0) is 22.7 Å². The predicted molar refractivity (Wildman–Crippen MR) is 130 cm³/mol. The number of benzene rings is 2. The lowest BCUT2D eigenvalue weighted by atomic mass is 10.1. The van der Waals surface area contributed by atoms with Gasteiger partial charge in [0.1, 0.15) is 12.4 Å². The number of thioether (sulfide) groups is 1. The summed E-state index contributed by atoms with van der Waals surface area (Å²) in [5.74, 6) is 0.293. The smallest absolute Gasteiger partial charge is 0.373 e. The first-order chi connectivity index (χ1) is 16.9. The number of ether oxygens (including phenoxy) is 3. The van der Waals surface area contributed by atoms with E-state index < -0.39 is 17.1 Å². The maximum atomic E-state index is 12.9. The van der Waals surface area contributed by atoms with Crippen LogP contribution in [-0.4, -0.2) is 36.2 Å². The van der Waals surface area contributed by atoms with E-state index in [1.54, 1.807) is 24.3 Å². The van der Waals surface area contributed by atoms with E-state index in [0.717, 1.165) is 22.2 Å². The number of hydrogen-bond acceptors (Lipinski definition) is 8. The SMILES string of the molecule is COC(=O)c1ccc(CN2C(=O)SC(=Cc3ccc(OCc4ccc(C)cc4)c(OC)c3)C2=O)o1. The number of nitrogens with zero attached hydrogens (tertiary/aromatic N) is 1. The molecule has 3 aromatic rings. The van der Waals surface area contributed by atoms with Crippen LogP contribution in [0.1, 0.15) is 33.0 Å². The fourth-order valence-corrected chi connectivity index (χ4v) is 4.19. The van der Waals surface area contributed by atoms with Gasteiger partial charge in [-0.15, -0.1) is 0 Å². The van der Waals surface area contributed by atoms with Gasteiger partial charge < -0.3 is 18.6 Å². The summed E-state index contributed by atoms with van der Waals surface area (Å²) in [7, 11) is 2.78. The Hall–Kier alpha value is -3.98. The lowest BCUT2D eigenvalue weighted by Gasteiger charge is -2.12. The van der Waals surface area contributed by atoms with Crippen LogP contribution in [0.25, 0.3) is 6.08 Å². The number of hydrogen-bond donors (Lipinski definition) is 0. The highest BCUT2D eigenvalue weighted by Crippen LogP contribution is 2.35. The second-order valence-corrected chi connectivity index (χ2v) is 8.70. The number of esters is 1. The molecular weight excluding hydrogens is 470 g/mol. The fraction of sp³-hybridized carbons (Fsp3) is 0.192. The van der Waals surface area contributed by atoms with Crippen molar-refractivity contribution in [2.75, 3.05) is 14.2 Å². The summed E-state index contributed by atoms with van der Waals surface area (Å²) in [4.78, 5) is 38.2. The minimum absolute atomic E-state index is 0.00166. The van der Waals surface area contributed by atoms with Gasteiger partial charge in [-0.2, -0.15) is 0 Å². The Bertz CT molecular complexity index is 1290. The fourth-order valence-electron chi connectivity index (χ4n) is 3.36. The number of rotatable bonds is 8. The molecule has 0 N–H and O–H groups in total. The minimum Gasteiger partial charge on any atom is -0.493 e. The second kappa shape index (κ2) is 10.5. The molecule has 180 valence electrons. The second-order valence-electron chi connectivity index (χ2n) is 7.71. The summed E-state index contributed by atoms with van der Waals surface area (Å²) >= 11 is 0.833. The van der Waals surface area contributed by atoms with Gasteiger partial charge in [0.05, 0.1) is 25.7 Å². The Morgan fingerprint density at radius 3 is 2.51 bits per heavy atom. The van der Waals surface area contributed by atoms with Crippen molar-refractivity contribution in [2.24, 2.45) is 0 Å². The Morgan fingerprint density at radius 2 is 1.80 bits per heavy atom. The lowest BCUT2D eigenvalue weighted by molar-refractivity contribution is -0.123. The largest absolute Gasteiger partial charge is 0.493 e. The van der Waals surface area contributed by atoms with Gasteiger partial charge >= 0.3 is 5.97 Å². The van der Waals surface area contributed by atoms with Gasteiger partial charge in [-0.05, 0) is 60.2 Å². The molecule has 0 bridgehead atoms. The average molecular weight is 494 g/mol. The van der Waals surface area contributed by atoms with Gasteiger partial charge in [-0.25, -0.2) is 4.79 Å². The van der Waals surface area contributed by atoms with Crippen molar-refractivity contribution in [3.8, 4) is 11.5 Å². The third kappa shape index (κ3) is 5.58. The first-order valence-corrected chi connectivity index (χ1v) is 11.5. The zero-order chi connectivity index (χ0) is 24.9. The van der Waals surface area contributed by atoms with Gasteiger partial charge in [0.25, 0.3) is 11.1 Å². The molecule has 1 fully saturated rings. The molecule has 0 radical (unpaired) electrons. The molecule has 9 heteroatoms. The number of amides is 2. The van der Waals surface area contributed by atoms with Crippen molar-refractivity contribution < 1.29 is 33.0 Å². The normalized spacial score (nSPS) is 14.5. The maximum absolute atomic E-state index is 12.9. The molecule has 0 spiro atoms. The Kier molecular flexibility index (Phi) is 7.26. The molecule has 0 aliphatic carbocycles. The molecule has 4 rings (SSSR count).